The molecule has 1 fully saturated rings. The van der Waals surface area contributed by atoms with Gasteiger partial charge in [0.25, 0.3) is 0 Å². The van der Waals surface area contributed by atoms with Crippen molar-refractivity contribution in [3.05, 3.63) is 132 Å². The fourth-order valence-electron chi connectivity index (χ4n) is 5.40. The first-order chi connectivity index (χ1) is 24.8. The molecule has 1 aliphatic heterocycles. The molecule has 51 heavy (non-hydrogen) atoms. The van der Waals surface area contributed by atoms with Gasteiger partial charge < -0.3 is 30.1 Å². The number of nitrogens with one attached hydrogen (secondary N) is 1. The van der Waals surface area contributed by atoms with Crippen LogP contribution in [0.3, 0.4) is 0 Å². The molecule has 274 valence electrons. The number of hydrogen-bond acceptors (Lipinski definition) is 8. The van der Waals surface area contributed by atoms with Gasteiger partial charge in [0, 0.05) is 17.5 Å². The van der Waals surface area contributed by atoms with E-state index in [4.69, 9.17) is 9.47 Å². The lowest BCUT2D eigenvalue weighted by atomic mass is 9.95. The third kappa shape index (κ3) is 14.0. The molecule has 0 bridgehead atoms. The van der Waals surface area contributed by atoms with E-state index in [1.165, 1.54) is 0 Å². The molecule has 1 amide bonds. The zero-order valence-corrected chi connectivity index (χ0v) is 29.7. The summed E-state index contributed by atoms with van der Waals surface area (Å²) >= 11 is 0. The number of amides is 1. The van der Waals surface area contributed by atoms with E-state index in [0.717, 1.165) is 32.1 Å². The van der Waals surface area contributed by atoms with E-state index < -0.39 is 55.0 Å². The molecule has 1 heterocycles. The number of carbonyl (C=O) groups excluding carboxylic acids is 3. The number of carbonyl (C=O) groups is 3. The van der Waals surface area contributed by atoms with Crippen LogP contribution in [0.4, 0.5) is 0 Å². The van der Waals surface area contributed by atoms with Crippen LogP contribution in [0.5, 0.6) is 0 Å². The first-order valence-electron chi connectivity index (χ1n) is 17.8. The van der Waals surface area contributed by atoms with Crippen molar-refractivity contribution in [3.8, 4) is 0 Å². The second-order valence-corrected chi connectivity index (χ2v) is 12.4. The Balaban J connectivity index is 1.47. The topological polar surface area (TPSA) is 142 Å². The number of ketones is 1. The molecule has 0 saturated carbocycles. The highest BCUT2D eigenvalue weighted by molar-refractivity contribution is 6.09. The summed E-state index contributed by atoms with van der Waals surface area (Å²) in [4.78, 5) is 39.1. The highest BCUT2D eigenvalue weighted by Gasteiger charge is 2.47. The summed E-state index contributed by atoms with van der Waals surface area (Å²) in [6.07, 6.45) is 21.4. The molecule has 0 aliphatic carbocycles. The minimum absolute atomic E-state index is 0.135. The molecule has 9 nitrogen and oxygen atoms in total. The first-order valence-corrected chi connectivity index (χ1v) is 17.8. The predicted molar refractivity (Wildman–Crippen MR) is 199 cm³/mol. The minimum atomic E-state index is -1.56. The second-order valence-electron chi connectivity index (χ2n) is 12.4. The highest BCUT2D eigenvalue weighted by Crippen LogP contribution is 2.26. The summed E-state index contributed by atoms with van der Waals surface area (Å²) in [7, 11) is 0. The Labute approximate surface area is 302 Å². The van der Waals surface area contributed by atoms with Crippen molar-refractivity contribution in [3.63, 3.8) is 0 Å². The summed E-state index contributed by atoms with van der Waals surface area (Å²) < 4.78 is 11.3. The Kier molecular flexibility index (Phi) is 18.6. The van der Waals surface area contributed by atoms with E-state index >= 15 is 0 Å². The standard InChI is InChI=1S/C42H53NO8/c1-3-4-5-6-7-8-9-10-11-12-13-14-15-16-17-18-22-28-36(45)43-37-40(48)39(47)35(30-44)50-42(37)51-41(49)31(2)33-26-23-27-34(29-33)38(46)32-24-20-19-21-25-32/h4-5,7-8,10-11,13-14,16-17,19-21,23-27,29,31,35,37,39-40,42,44,47-48H,3,6,9,12,15,18,22,28,30H2,1-2H3,(H,43,45)/b5-4-,8-7-,11-10-,14-13-,17-16-/t31?,35?,37-,39+,40?,42-/m0/s1. The third-order valence-electron chi connectivity index (χ3n) is 8.41. The van der Waals surface area contributed by atoms with Gasteiger partial charge in [-0.25, -0.2) is 0 Å². The average Bonchev–Trinajstić information content (AvgIpc) is 3.15. The van der Waals surface area contributed by atoms with E-state index in [1.54, 1.807) is 55.5 Å². The van der Waals surface area contributed by atoms with Crippen LogP contribution in [-0.2, 0) is 19.1 Å². The Morgan fingerprint density at radius 1 is 0.804 bits per heavy atom. The summed E-state index contributed by atoms with van der Waals surface area (Å²) in [5.41, 5.74) is 1.44. The number of allylic oxidation sites excluding steroid dienone is 10. The quantitative estimate of drug-likeness (QED) is 0.0538. The summed E-state index contributed by atoms with van der Waals surface area (Å²) in [6.45, 7) is 3.09. The monoisotopic (exact) mass is 699 g/mol. The van der Waals surface area contributed by atoms with Gasteiger partial charge in [0.1, 0.15) is 24.4 Å². The lowest BCUT2D eigenvalue weighted by Crippen LogP contribution is -2.65. The molecule has 9 heteroatoms. The molecule has 1 saturated heterocycles. The van der Waals surface area contributed by atoms with Crippen molar-refractivity contribution in [2.24, 2.45) is 0 Å². The van der Waals surface area contributed by atoms with Gasteiger partial charge >= 0.3 is 5.97 Å². The van der Waals surface area contributed by atoms with Gasteiger partial charge in [-0.1, -0.05) is 116 Å². The molecule has 2 aromatic rings. The van der Waals surface area contributed by atoms with Crippen LogP contribution in [0.25, 0.3) is 0 Å². The third-order valence-corrected chi connectivity index (χ3v) is 8.41. The fraction of sp³-hybridized carbons (Fsp3) is 0.405. The maximum absolute atomic E-state index is 13.3. The van der Waals surface area contributed by atoms with Crippen LogP contribution < -0.4 is 5.32 Å². The average molecular weight is 700 g/mol. The van der Waals surface area contributed by atoms with E-state index in [2.05, 4.69) is 60.8 Å². The molecule has 0 spiro atoms. The Morgan fingerprint density at radius 3 is 2.00 bits per heavy atom. The van der Waals surface area contributed by atoms with Crippen LogP contribution in [0, 0.1) is 0 Å². The van der Waals surface area contributed by atoms with Gasteiger partial charge in [0.05, 0.1) is 12.5 Å². The molecule has 3 unspecified atom stereocenters. The van der Waals surface area contributed by atoms with Crippen LogP contribution in [0.1, 0.15) is 92.6 Å². The van der Waals surface area contributed by atoms with E-state index in [1.807, 2.05) is 18.2 Å². The van der Waals surface area contributed by atoms with Crippen molar-refractivity contribution in [2.75, 3.05) is 6.61 Å². The smallest absolute Gasteiger partial charge is 0.315 e. The van der Waals surface area contributed by atoms with E-state index in [9.17, 15) is 29.7 Å². The number of rotatable bonds is 20. The van der Waals surface area contributed by atoms with Gasteiger partial charge in [0.15, 0.2) is 5.78 Å². The lowest BCUT2D eigenvalue weighted by Gasteiger charge is -2.42. The fourth-order valence-corrected chi connectivity index (χ4v) is 5.40. The number of aliphatic hydroxyl groups excluding tert-OH is 3. The molecular formula is C42H53NO8. The van der Waals surface area contributed by atoms with Crippen molar-refractivity contribution < 1.29 is 39.2 Å². The maximum atomic E-state index is 13.3. The maximum Gasteiger partial charge on any atom is 0.315 e. The van der Waals surface area contributed by atoms with Crippen molar-refractivity contribution in [1.29, 1.82) is 0 Å². The zero-order chi connectivity index (χ0) is 36.8. The molecular weight excluding hydrogens is 646 g/mol. The zero-order valence-electron chi connectivity index (χ0n) is 29.7. The van der Waals surface area contributed by atoms with Gasteiger partial charge in [-0.3, -0.25) is 14.4 Å². The Morgan fingerprint density at radius 2 is 1.39 bits per heavy atom. The van der Waals surface area contributed by atoms with Crippen LogP contribution in [0.15, 0.2) is 115 Å². The number of esters is 1. The number of unbranched alkanes of at least 4 members (excludes halogenated alkanes) is 1. The lowest BCUT2D eigenvalue weighted by molar-refractivity contribution is -0.264. The van der Waals surface area contributed by atoms with Gasteiger partial charge in [-0.15, -0.1) is 0 Å². The molecule has 6 atom stereocenters. The summed E-state index contributed by atoms with van der Waals surface area (Å²) in [6, 6.07) is 14.2. The SMILES string of the molecule is CC/C=C\C/C=C\C/C=C\C/C=C\C/C=C\CCCC(=O)N[C@H]1C(O)[C@H](O)C(CO)O[C@H]1OC(=O)C(C)c1cccc(C(=O)c2ccccc2)c1. The number of benzene rings is 2. The summed E-state index contributed by atoms with van der Waals surface area (Å²) in [5, 5.41) is 33.7. The minimum Gasteiger partial charge on any atom is -0.433 e. The van der Waals surface area contributed by atoms with E-state index in [0.29, 0.717) is 29.5 Å². The second kappa shape index (κ2) is 23.1. The first kappa shape index (κ1) is 41.0. The molecule has 2 aromatic carbocycles. The molecule has 0 radical (unpaired) electrons. The summed E-state index contributed by atoms with van der Waals surface area (Å²) in [5.74, 6) is -2.18. The normalized spacial score (nSPS) is 21.6. The molecule has 4 N–H and O–H groups in total. The largest absolute Gasteiger partial charge is 0.433 e. The number of ether oxygens (including phenoxy) is 2. The molecule has 1 aliphatic rings. The van der Waals surface area contributed by atoms with Crippen molar-refractivity contribution in [2.45, 2.75) is 102 Å². The molecule has 0 aromatic heterocycles. The van der Waals surface area contributed by atoms with Gasteiger partial charge in [0.2, 0.25) is 12.2 Å². The number of aliphatic hydroxyl groups is 3. The van der Waals surface area contributed by atoms with Crippen LogP contribution in [-0.4, -0.2) is 70.2 Å². The van der Waals surface area contributed by atoms with E-state index in [-0.39, 0.29) is 12.2 Å². The highest BCUT2D eigenvalue weighted by atomic mass is 16.7. The van der Waals surface area contributed by atoms with Crippen LogP contribution >= 0.6 is 0 Å². The van der Waals surface area contributed by atoms with Crippen LogP contribution in [0.2, 0.25) is 0 Å². The number of hydrogen-bond donors (Lipinski definition) is 4. The van der Waals surface area contributed by atoms with Gasteiger partial charge in [-0.05, 0) is 63.5 Å². The van der Waals surface area contributed by atoms with Crippen molar-refractivity contribution in [1.82, 2.24) is 5.32 Å². The van der Waals surface area contributed by atoms with Gasteiger partial charge in [-0.2, -0.15) is 0 Å². The molecule has 3 rings (SSSR count). The Hall–Kier alpha value is -4.41. The Bertz CT molecular complexity index is 1510. The predicted octanol–water partition coefficient (Wildman–Crippen LogP) is 6.41. The van der Waals surface area contributed by atoms with Crippen molar-refractivity contribution >= 4 is 17.7 Å².